The second kappa shape index (κ2) is 5.59. The van der Waals surface area contributed by atoms with Gasteiger partial charge in [0.05, 0.1) is 28.5 Å². The van der Waals surface area contributed by atoms with Crippen LogP contribution in [0.25, 0.3) is 16.7 Å². The third kappa shape index (κ3) is 2.47. The van der Waals surface area contributed by atoms with Crippen LogP contribution in [0.1, 0.15) is 44.2 Å². The normalized spacial score (nSPS) is 13.0. The summed E-state index contributed by atoms with van der Waals surface area (Å²) >= 11 is 0. The van der Waals surface area contributed by atoms with Crippen molar-refractivity contribution in [2.24, 2.45) is 0 Å². The van der Waals surface area contributed by atoms with Crippen molar-refractivity contribution in [2.75, 3.05) is 5.32 Å². The van der Waals surface area contributed by atoms with Gasteiger partial charge in [0.1, 0.15) is 12.2 Å². The van der Waals surface area contributed by atoms with Crippen LogP contribution in [0.4, 0.5) is 5.69 Å². The molecule has 0 saturated carbocycles. The Kier molecular flexibility index (Phi) is 3.41. The van der Waals surface area contributed by atoms with Crippen LogP contribution in [0.2, 0.25) is 0 Å². The second-order valence-electron chi connectivity index (χ2n) is 6.24. The summed E-state index contributed by atoms with van der Waals surface area (Å²) < 4.78 is 1.71. The van der Waals surface area contributed by atoms with Gasteiger partial charge in [-0.1, -0.05) is 26.0 Å². The Labute approximate surface area is 139 Å². The molecule has 7 nitrogen and oxygen atoms in total. The van der Waals surface area contributed by atoms with Crippen LogP contribution in [0.15, 0.2) is 36.7 Å². The maximum atomic E-state index is 4.66. The predicted octanol–water partition coefficient (Wildman–Crippen LogP) is 3.30. The molecule has 7 heteroatoms. The lowest BCUT2D eigenvalue weighted by atomic mass is 10.1. The Morgan fingerprint density at radius 1 is 1.17 bits per heavy atom. The van der Waals surface area contributed by atoms with Crippen molar-refractivity contribution in [3.05, 3.63) is 48.2 Å². The SMILES string of the molecule is CC(C)c1cc(NC(C)c2nc3ccccc3[nH]2)c2nncn2n1. The molecule has 3 heterocycles. The van der Waals surface area contributed by atoms with Crippen LogP contribution in [-0.4, -0.2) is 29.8 Å². The van der Waals surface area contributed by atoms with E-state index in [1.165, 1.54) is 0 Å². The molecule has 0 saturated heterocycles. The summed E-state index contributed by atoms with van der Waals surface area (Å²) in [5.74, 6) is 1.20. The van der Waals surface area contributed by atoms with Gasteiger partial charge >= 0.3 is 0 Å². The third-order valence-corrected chi connectivity index (χ3v) is 4.07. The molecule has 0 aliphatic heterocycles. The van der Waals surface area contributed by atoms with E-state index in [1.54, 1.807) is 10.8 Å². The Morgan fingerprint density at radius 2 is 2.00 bits per heavy atom. The van der Waals surface area contributed by atoms with Gasteiger partial charge in [-0.15, -0.1) is 10.2 Å². The van der Waals surface area contributed by atoms with Crippen LogP contribution in [0.5, 0.6) is 0 Å². The molecule has 0 amide bonds. The molecule has 0 radical (unpaired) electrons. The molecule has 4 aromatic rings. The van der Waals surface area contributed by atoms with E-state index in [-0.39, 0.29) is 6.04 Å². The topological polar surface area (TPSA) is 83.8 Å². The number of anilines is 1. The van der Waals surface area contributed by atoms with Crippen molar-refractivity contribution in [2.45, 2.75) is 32.7 Å². The quantitative estimate of drug-likeness (QED) is 0.602. The smallest absolute Gasteiger partial charge is 0.200 e. The van der Waals surface area contributed by atoms with E-state index in [0.29, 0.717) is 11.6 Å². The number of benzene rings is 1. The van der Waals surface area contributed by atoms with Crippen molar-refractivity contribution >= 4 is 22.4 Å². The van der Waals surface area contributed by atoms with Gasteiger partial charge in [-0.2, -0.15) is 9.61 Å². The summed E-state index contributed by atoms with van der Waals surface area (Å²) in [6.07, 6.45) is 1.62. The van der Waals surface area contributed by atoms with Crippen molar-refractivity contribution in [1.29, 1.82) is 0 Å². The zero-order chi connectivity index (χ0) is 16.7. The first-order chi connectivity index (χ1) is 11.6. The van der Waals surface area contributed by atoms with Crippen LogP contribution < -0.4 is 5.32 Å². The molecule has 0 aliphatic rings. The summed E-state index contributed by atoms with van der Waals surface area (Å²) in [5.41, 5.74) is 4.60. The number of nitrogens with zero attached hydrogens (tertiary/aromatic N) is 5. The number of nitrogens with one attached hydrogen (secondary N) is 2. The van der Waals surface area contributed by atoms with Gasteiger partial charge in [0.15, 0.2) is 0 Å². The average molecular weight is 321 g/mol. The highest BCUT2D eigenvalue weighted by Crippen LogP contribution is 2.24. The van der Waals surface area contributed by atoms with E-state index >= 15 is 0 Å². The van der Waals surface area contributed by atoms with Crippen molar-refractivity contribution < 1.29 is 0 Å². The minimum atomic E-state index is 0.000289. The molecule has 0 aliphatic carbocycles. The summed E-state index contributed by atoms with van der Waals surface area (Å²) in [6.45, 7) is 6.30. The van der Waals surface area contributed by atoms with Gasteiger partial charge in [-0.25, -0.2) is 4.98 Å². The number of H-pyrrole nitrogens is 1. The van der Waals surface area contributed by atoms with E-state index < -0.39 is 0 Å². The molecule has 1 aromatic carbocycles. The monoisotopic (exact) mass is 321 g/mol. The fourth-order valence-electron chi connectivity index (χ4n) is 2.71. The van der Waals surface area contributed by atoms with E-state index in [0.717, 1.165) is 28.2 Å². The second-order valence-corrected chi connectivity index (χ2v) is 6.24. The maximum Gasteiger partial charge on any atom is 0.200 e. The van der Waals surface area contributed by atoms with Crippen molar-refractivity contribution in [3.8, 4) is 0 Å². The molecule has 4 rings (SSSR count). The van der Waals surface area contributed by atoms with E-state index in [4.69, 9.17) is 0 Å². The Balaban J connectivity index is 1.71. The van der Waals surface area contributed by atoms with Crippen LogP contribution in [-0.2, 0) is 0 Å². The molecular weight excluding hydrogens is 302 g/mol. The van der Waals surface area contributed by atoms with Crippen LogP contribution in [0, 0.1) is 0 Å². The van der Waals surface area contributed by atoms with Crippen LogP contribution >= 0.6 is 0 Å². The molecule has 3 aromatic heterocycles. The van der Waals surface area contributed by atoms with Gasteiger partial charge in [0, 0.05) is 0 Å². The Hall–Kier alpha value is -2.96. The molecule has 1 unspecified atom stereocenters. The molecular formula is C17H19N7. The highest BCUT2D eigenvalue weighted by molar-refractivity contribution is 5.75. The lowest BCUT2D eigenvalue weighted by Gasteiger charge is -2.15. The predicted molar refractivity (Wildman–Crippen MR) is 93.0 cm³/mol. The number of hydrogen-bond donors (Lipinski definition) is 2. The molecule has 0 bridgehead atoms. The van der Waals surface area contributed by atoms with Gasteiger partial charge in [-0.3, -0.25) is 0 Å². The maximum absolute atomic E-state index is 4.66. The Morgan fingerprint density at radius 3 is 2.79 bits per heavy atom. The average Bonchev–Trinajstić information content (AvgIpc) is 3.21. The molecule has 24 heavy (non-hydrogen) atoms. The van der Waals surface area contributed by atoms with E-state index in [1.807, 2.05) is 30.3 Å². The fourth-order valence-corrected chi connectivity index (χ4v) is 2.71. The first-order valence-corrected chi connectivity index (χ1v) is 8.04. The minimum absolute atomic E-state index is 0.000289. The number of imidazole rings is 1. The minimum Gasteiger partial charge on any atom is -0.372 e. The van der Waals surface area contributed by atoms with Gasteiger partial charge in [-0.05, 0) is 31.0 Å². The zero-order valence-electron chi connectivity index (χ0n) is 13.9. The number of rotatable bonds is 4. The number of aromatic nitrogens is 6. The van der Waals surface area contributed by atoms with E-state index in [2.05, 4.69) is 51.4 Å². The number of aromatic amines is 1. The molecule has 2 N–H and O–H groups in total. The summed E-state index contributed by atoms with van der Waals surface area (Å²) in [6, 6.07) is 10.1. The number of fused-ring (bicyclic) bond motifs is 2. The largest absolute Gasteiger partial charge is 0.372 e. The van der Waals surface area contributed by atoms with Gasteiger partial charge in [0.2, 0.25) is 5.65 Å². The van der Waals surface area contributed by atoms with Crippen molar-refractivity contribution in [1.82, 2.24) is 29.8 Å². The number of para-hydroxylation sites is 2. The molecule has 0 spiro atoms. The van der Waals surface area contributed by atoms with Gasteiger partial charge in [0.25, 0.3) is 0 Å². The van der Waals surface area contributed by atoms with Gasteiger partial charge < -0.3 is 10.3 Å². The van der Waals surface area contributed by atoms with Crippen LogP contribution in [0.3, 0.4) is 0 Å². The lowest BCUT2D eigenvalue weighted by molar-refractivity contribution is 0.757. The van der Waals surface area contributed by atoms with Crippen molar-refractivity contribution in [3.63, 3.8) is 0 Å². The fraction of sp³-hybridized carbons (Fsp3) is 0.294. The molecule has 0 fully saturated rings. The summed E-state index contributed by atoms with van der Waals surface area (Å²) in [7, 11) is 0. The lowest BCUT2D eigenvalue weighted by Crippen LogP contribution is -2.11. The molecule has 122 valence electrons. The number of hydrogen-bond acceptors (Lipinski definition) is 5. The Bertz CT molecular complexity index is 965. The highest BCUT2D eigenvalue weighted by Gasteiger charge is 2.15. The zero-order valence-corrected chi connectivity index (χ0v) is 13.9. The summed E-state index contributed by atoms with van der Waals surface area (Å²) in [4.78, 5) is 8.02. The third-order valence-electron chi connectivity index (χ3n) is 4.07. The first kappa shape index (κ1) is 14.6. The molecule has 1 atom stereocenters. The van der Waals surface area contributed by atoms with E-state index in [9.17, 15) is 0 Å². The standard InChI is InChI=1S/C17H19N7/c1-10(2)14-8-15(17-22-18-9-24(17)23-14)19-11(3)16-20-12-6-4-5-7-13(12)21-16/h4-11,19H,1-3H3,(H,20,21). The summed E-state index contributed by atoms with van der Waals surface area (Å²) in [5, 5.41) is 16.2. The first-order valence-electron chi connectivity index (χ1n) is 8.04. The highest BCUT2D eigenvalue weighted by atomic mass is 15.3.